The highest BCUT2D eigenvalue weighted by atomic mass is 19.4. The maximum absolute atomic E-state index is 13.8. The van der Waals surface area contributed by atoms with Crippen LogP contribution in [-0.4, -0.2) is 19.6 Å². The summed E-state index contributed by atoms with van der Waals surface area (Å²) in [5, 5.41) is 2.75. The van der Waals surface area contributed by atoms with Gasteiger partial charge in [-0.2, -0.15) is 22.0 Å². The fraction of sp³-hybridized carbons (Fsp3) is 0.333. The SMILES string of the molecule is C=N/C(F)=C(/F)C(=NC)NC1(c2ccc(C(F)(F)F)cc2)CC1. The van der Waals surface area contributed by atoms with Gasteiger partial charge in [-0.1, -0.05) is 12.1 Å². The van der Waals surface area contributed by atoms with Gasteiger partial charge in [0, 0.05) is 7.05 Å². The van der Waals surface area contributed by atoms with Gasteiger partial charge in [0.05, 0.1) is 11.1 Å². The standard InChI is InChI=1S/C15H14F5N3/c1-21-12(17)11(16)13(22-2)23-14(7-8-14)9-3-5-10(6-4-9)15(18,19)20/h3-6H,1,7-8H2,2H3,(H,22,23)/b12-11+. The summed E-state index contributed by atoms with van der Waals surface area (Å²) in [6.07, 6.45) is -3.30. The molecule has 1 aromatic rings. The minimum absolute atomic E-state index is 0.354. The lowest BCUT2D eigenvalue weighted by atomic mass is 10.0. The van der Waals surface area contributed by atoms with Gasteiger partial charge in [-0.25, -0.2) is 4.99 Å². The first-order chi connectivity index (χ1) is 10.7. The Morgan fingerprint density at radius 1 is 1.17 bits per heavy atom. The van der Waals surface area contributed by atoms with E-state index in [1.165, 1.54) is 19.2 Å². The van der Waals surface area contributed by atoms with E-state index < -0.39 is 29.1 Å². The van der Waals surface area contributed by atoms with Crippen LogP contribution in [0.3, 0.4) is 0 Å². The van der Waals surface area contributed by atoms with E-state index in [0.717, 1.165) is 12.1 Å². The van der Waals surface area contributed by atoms with Gasteiger partial charge in [0.15, 0.2) is 5.84 Å². The van der Waals surface area contributed by atoms with Crippen molar-refractivity contribution in [1.82, 2.24) is 5.32 Å². The molecule has 1 aromatic carbocycles. The maximum Gasteiger partial charge on any atom is 0.416 e. The van der Waals surface area contributed by atoms with Crippen molar-refractivity contribution >= 4 is 12.6 Å². The highest BCUT2D eigenvalue weighted by Crippen LogP contribution is 2.46. The summed E-state index contributed by atoms with van der Waals surface area (Å²) in [6, 6.07) is 4.55. The molecule has 0 saturated heterocycles. The lowest BCUT2D eigenvalue weighted by Crippen LogP contribution is -2.35. The maximum atomic E-state index is 13.8. The molecule has 0 aliphatic heterocycles. The van der Waals surface area contributed by atoms with Crippen LogP contribution in [0, 0.1) is 0 Å². The first kappa shape index (κ1) is 17.1. The van der Waals surface area contributed by atoms with Gasteiger partial charge < -0.3 is 5.32 Å². The summed E-state index contributed by atoms with van der Waals surface area (Å²) < 4.78 is 64.7. The zero-order valence-corrected chi connectivity index (χ0v) is 12.2. The van der Waals surface area contributed by atoms with Crippen molar-refractivity contribution in [1.29, 1.82) is 0 Å². The van der Waals surface area contributed by atoms with Crippen LogP contribution < -0.4 is 5.32 Å². The zero-order chi connectivity index (χ0) is 17.3. The minimum Gasteiger partial charge on any atom is -0.358 e. The van der Waals surface area contributed by atoms with Crippen LogP contribution in [0.5, 0.6) is 0 Å². The van der Waals surface area contributed by atoms with E-state index in [4.69, 9.17) is 0 Å². The number of amidine groups is 1. The highest BCUT2D eigenvalue weighted by molar-refractivity contribution is 5.97. The van der Waals surface area contributed by atoms with Crippen molar-refractivity contribution in [2.45, 2.75) is 24.6 Å². The number of hydrogen-bond acceptors (Lipinski definition) is 2. The van der Waals surface area contributed by atoms with E-state index in [2.05, 4.69) is 22.0 Å². The first-order valence-electron chi connectivity index (χ1n) is 6.68. The molecule has 0 atom stereocenters. The largest absolute Gasteiger partial charge is 0.416 e. The molecule has 0 heterocycles. The van der Waals surface area contributed by atoms with E-state index in [1.54, 1.807) is 0 Å². The molecule has 0 radical (unpaired) electrons. The summed E-state index contributed by atoms with van der Waals surface area (Å²) in [6.45, 7) is 2.89. The van der Waals surface area contributed by atoms with Gasteiger partial charge >= 0.3 is 6.18 Å². The summed E-state index contributed by atoms with van der Waals surface area (Å²) >= 11 is 0. The van der Waals surface area contributed by atoms with Crippen LogP contribution >= 0.6 is 0 Å². The van der Waals surface area contributed by atoms with Crippen molar-refractivity contribution in [2.75, 3.05) is 7.05 Å². The Bertz CT molecular complexity index is 655. The molecule has 1 aliphatic rings. The Hall–Kier alpha value is -2.25. The van der Waals surface area contributed by atoms with Crippen LogP contribution in [0.4, 0.5) is 22.0 Å². The highest BCUT2D eigenvalue weighted by Gasteiger charge is 2.46. The Morgan fingerprint density at radius 2 is 1.74 bits per heavy atom. The lowest BCUT2D eigenvalue weighted by Gasteiger charge is -2.20. The Kier molecular flexibility index (Phi) is 4.53. The normalized spacial score (nSPS) is 18.3. The van der Waals surface area contributed by atoms with Crippen LogP contribution in [0.1, 0.15) is 24.0 Å². The summed E-state index contributed by atoms with van der Waals surface area (Å²) in [4.78, 5) is 6.49. The van der Waals surface area contributed by atoms with E-state index in [9.17, 15) is 22.0 Å². The van der Waals surface area contributed by atoms with E-state index in [1.807, 2.05) is 0 Å². The Morgan fingerprint density at radius 3 is 2.13 bits per heavy atom. The number of benzene rings is 1. The average Bonchev–Trinajstić information content (AvgIpc) is 3.31. The van der Waals surface area contributed by atoms with E-state index >= 15 is 0 Å². The molecule has 3 nitrogen and oxygen atoms in total. The number of nitrogens with one attached hydrogen (secondary N) is 1. The van der Waals surface area contributed by atoms with Gasteiger partial charge in [-0.15, -0.1) is 0 Å². The van der Waals surface area contributed by atoms with Gasteiger partial charge in [-0.05, 0) is 37.3 Å². The van der Waals surface area contributed by atoms with Gasteiger partial charge in [-0.3, -0.25) is 4.99 Å². The Balaban J connectivity index is 2.25. The quantitative estimate of drug-likeness (QED) is 0.383. The third-order valence-electron chi connectivity index (χ3n) is 3.62. The van der Waals surface area contributed by atoms with Gasteiger partial charge in [0.25, 0.3) is 5.95 Å². The third-order valence-corrected chi connectivity index (χ3v) is 3.62. The van der Waals surface area contributed by atoms with Crippen molar-refractivity contribution in [2.24, 2.45) is 9.98 Å². The molecule has 1 saturated carbocycles. The van der Waals surface area contributed by atoms with Crippen molar-refractivity contribution < 1.29 is 22.0 Å². The Labute approximate surface area is 129 Å². The smallest absolute Gasteiger partial charge is 0.358 e. The summed E-state index contributed by atoms with van der Waals surface area (Å²) in [7, 11) is 1.26. The van der Waals surface area contributed by atoms with Crippen LogP contribution in [0.2, 0.25) is 0 Å². The number of hydrogen-bond donors (Lipinski definition) is 1. The predicted molar refractivity (Wildman–Crippen MR) is 77.6 cm³/mol. The number of alkyl halides is 3. The zero-order valence-electron chi connectivity index (χ0n) is 12.2. The lowest BCUT2D eigenvalue weighted by molar-refractivity contribution is -0.137. The molecule has 1 N–H and O–H groups in total. The molecule has 0 bridgehead atoms. The minimum atomic E-state index is -4.42. The van der Waals surface area contributed by atoms with Crippen LogP contribution in [0.25, 0.3) is 0 Å². The van der Waals surface area contributed by atoms with Gasteiger partial charge in [0.2, 0.25) is 5.83 Å². The molecular formula is C15H14F5N3. The molecule has 2 rings (SSSR count). The molecule has 23 heavy (non-hydrogen) atoms. The van der Waals surface area contributed by atoms with E-state index in [0.29, 0.717) is 18.4 Å². The van der Waals surface area contributed by atoms with Crippen molar-refractivity contribution in [3.8, 4) is 0 Å². The number of halogens is 5. The molecule has 0 aromatic heterocycles. The predicted octanol–water partition coefficient (Wildman–Crippen LogP) is 4.12. The number of aliphatic imine (C=N–C) groups is 2. The monoisotopic (exact) mass is 331 g/mol. The summed E-state index contributed by atoms with van der Waals surface area (Å²) in [5.74, 6) is -3.05. The first-order valence-corrected chi connectivity index (χ1v) is 6.68. The number of nitrogens with zero attached hydrogens (tertiary/aromatic N) is 2. The second-order valence-corrected chi connectivity index (χ2v) is 5.12. The molecule has 8 heteroatoms. The fourth-order valence-electron chi connectivity index (χ4n) is 2.19. The summed E-state index contributed by atoms with van der Waals surface area (Å²) in [5.41, 5.74) is -0.974. The molecule has 1 fully saturated rings. The van der Waals surface area contributed by atoms with Gasteiger partial charge in [0.1, 0.15) is 0 Å². The molecule has 1 aliphatic carbocycles. The molecule has 0 unspecified atom stereocenters. The molecule has 0 spiro atoms. The molecule has 0 amide bonds. The molecular weight excluding hydrogens is 317 g/mol. The second kappa shape index (κ2) is 6.10. The topological polar surface area (TPSA) is 36.8 Å². The molecule has 124 valence electrons. The van der Waals surface area contributed by atoms with Crippen LogP contribution in [-0.2, 0) is 11.7 Å². The third kappa shape index (κ3) is 3.57. The van der Waals surface area contributed by atoms with Crippen LogP contribution in [0.15, 0.2) is 46.0 Å². The van der Waals surface area contributed by atoms with Crippen molar-refractivity contribution in [3.05, 3.63) is 47.2 Å². The van der Waals surface area contributed by atoms with E-state index in [-0.39, 0.29) is 5.84 Å². The second-order valence-electron chi connectivity index (χ2n) is 5.12. The average molecular weight is 331 g/mol. The van der Waals surface area contributed by atoms with Crippen molar-refractivity contribution in [3.63, 3.8) is 0 Å². The number of rotatable bonds is 4. The fourth-order valence-corrected chi connectivity index (χ4v) is 2.19.